The largest absolute Gasteiger partial charge is 0.448 e. The average Bonchev–Trinajstić information content (AvgIpc) is 3.12. The van der Waals surface area contributed by atoms with Crippen LogP contribution < -0.4 is 20.1 Å². The summed E-state index contributed by atoms with van der Waals surface area (Å²) in [5.41, 5.74) is 0.217. The molecule has 0 radical (unpaired) electrons. The van der Waals surface area contributed by atoms with Crippen molar-refractivity contribution in [3.8, 4) is 11.5 Å². The summed E-state index contributed by atoms with van der Waals surface area (Å²) in [6.45, 7) is 5.83. The molecule has 0 bridgehead atoms. The van der Waals surface area contributed by atoms with Gasteiger partial charge in [0.05, 0.1) is 0 Å². The summed E-state index contributed by atoms with van der Waals surface area (Å²) < 4.78 is 12.0. The number of hydrogen-bond acceptors (Lipinski definition) is 4. The monoisotopic (exact) mass is 346 g/mol. The standard InChI is InChI=1S/C19H26N2O4/c1-18(2,3)17(23)20-11-8-16(22)21-13-6-7-14-15(12-13)25-19(24-14)9-4-5-10-19/h6-7,12H,4-5,8-11H2,1-3H3,(H,20,23)(H,21,22). The van der Waals surface area contributed by atoms with Crippen LogP contribution in [0.3, 0.4) is 0 Å². The molecular formula is C19H26N2O4. The molecule has 1 aliphatic heterocycles. The molecule has 6 nitrogen and oxygen atoms in total. The van der Waals surface area contributed by atoms with E-state index in [0.29, 0.717) is 18.0 Å². The minimum absolute atomic E-state index is 0.0646. The molecule has 2 aliphatic rings. The molecule has 0 atom stereocenters. The predicted molar refractivity (Wildman–Crippen MR) is 94.6 cm³/mol. The van der Waals surface area contributed by atoms with Crippen LogP contribution in [0, 0.1) is 5.41 Å². The van der Waals surface area contributed by atoms with Gasteiger partial charge < -0.3 is 20.1 Å². The minimum Gasteiger partial charge on any atom is -0.448 e. The van der Waals surface area contributed by atoms with Crippen molar-refractivity contribution in [2.75, 3.05) is 11.9 Å². The van der Waals surface area contributed by atoms with E-state index < -0.39 is 11.2 Å². The number of carbonyl (C=O) groups excluding carboxylic acids is 2. The van der Waals surface area contributed by atoms with E-state index in [1.165, 1.54) is 0 Å². The number of benzene rings is 1. The lowest BCUT2D eigenvalue weighted by Crippen LogP contribution is -2.36. The SMILES string of the molecule is CC(C)(C)C(=O)NCCC(=O)Nc1ccc2c(c1)OC1(CCCC1)O2. The number of amides is 2. The van der Waals surface area contributed by atoms with Crippen LogP contribution in [0.4, 0.5) is 5.69 Å². The first-order valence-corrected chi connectivity index (χ1v) is 8.88. The van der Waals surface area contributed by atoms with Crippen molar-refractivity contribution in [2.45, 2.75) is 58.7 Å². The highest BCUT2D eigenvalue weighted by Crippen LogP contribution is 2.47. The summed E-state index contributed by atoms with van der Waals surface area (Å²) in [6.07, 6.45) is 4.24. The van der Waals surface area contributed by atoms with Gasteiger partial charge in [0.25, 0.3) is 5.79 Å². The number of anilines is 1. The van der Waals surface area contributed by atoms with Crippen molar-refractivity contribution in [1.29, 1.82) is 0 Å². The Morgan fingerprint density at radius 2 is 1.80 bits per heavy atom. The van der Waals surface area contributed by atoms with Crippen LogP contribution in [0.15, 0.2) is 18.2 Å². The quantitative estimate of drug-likeness (QED) is 0.878. The van der Waals surface area contributed by atoms with Gasteiger partial charge in [-0.3, -0.25) is 9.59 Å². The summed E-state index contributed by atoms with van der Waals surface area (Å²) in [5.74, 6) is 0.703. The molecule has 1 fully saturated rings. The lowest BCUT2D eigenvalue weighted by Gasteiger charge is -2.21. The van der Waals surface area contributed by atoms with E-state index in [2.05, 4.69) is 10.6 Å². The molecular weight excluding hydrogens is 320 g/mol. The zero-order chi connectivity index (χ0) is 18.1. The molecule has 2 N–H and O–H groups in total. The Labute approximate surface area is 148 Å². The second-order valence-corrected chi connectivity index (χ2v) is 7.79. The van der Waals surface area contributed by atoms with Gasteiger partial charge in [0.15, 0.2) is 11.5 Å². The maximum absolute atomic E-state index is 12.1. The fourth-order valence-corrected chi connectivity index (χ4v) is 3.07. The van der Waals surface area contributed by atoms with Crippen LogP contribution in [0.5, 0.6) is 11.5 Å². The maximum atomic E-state index is 12.1. The third kappa shape index (κ3) is 4.06. The lowest BCUT2D eigenvalue weighted by molar-refractivity contribution is -0.128. The third-order valence-corrected chi connectivity index (χ3v) is 4.50. The van der Waals surface area contributed by atoms with E-state index >= 15 is 0 Å². The number of fused-ring (bicyclic) bond motifs is 1. The summed E-state index contributed by atoms with van der Waals surface area (Å²) in [7, 11) is 0. The zero-order valence-electron chi connectivity index (χ0n) is 15.1. The summed E-state index contributed by atoms with van der Waals surface area (Å²) in [5, 5.41) is 5.61. The molecule has 1 heterocycles. The van der Waals surface area contributed by atoms with Crippen LogP contribution >= 0.6 is 0 Å². The number of nitrogens with one attached hydrogen (secondary N) is 2. The van der Waals surface area contributed by atoms with E-state index in [9.17, 15) is 9.59 Å². The van der Waals surface area contributed by atoms with Gasteiger partial charge in [-0.2, -0.15) is 0 Å². The first-order chi connectivity index (χ1) is 11.8. The highest BCUT2D eigenvalue weighted by Gasteiger charge is 2.44. The topological polar surface area (TPSA) is 76.7 Å². The minimum atomic E-state index is -0.498. The van der Waals surface area contributed by atoms with E-state index in [1.54, 1.807) is 6.07 Å². The first kappa shape index (κ1) is 17.6. The zero-order valence-corrected chi connectivity index (χ0v) is 15.1. The number of rotatable bonds is 4. The van der Waals surface area contributed by atoms with Gasteiger partial charge in [-0.05, 0) is 25.0 Å². The smallest absolute Gasteiger partial charge is 0.251 e. The molecule has 136 valence electrons. The Morgan fingerprint density at radius 3 is 2.48 bits per heavy atom. The average molecular weight is 346 g/mol. The van der Waals surface area contributed by atoms with Crippen molar-refractivity contribution in [3.05, 3.63) is 18.2 Å². The van der Waals surface area contributed by atoms with Crippen LogP contribution in [0.1, 0.15) is 52.9 Å². The molecule has 1 saturated carbocycles. The van der Waals surface area contributed by atoms with Crippen LogP contribution in [0.25, 0.3) is 0 Å². The summed E-state index contributed by atoms with van der Waals surface area (Å²) in [6, 6.07) is 5.44. The Morgan fingerprint density at radius 1 is 1.12 bits per heavy atom. The van der Waals surface area contributed by atoms with E-state index in [0.717, 1.165) is 31.4 Å². The molecule has 0 unspecified atom stereocenters. The molecule has 6 heteroatoms. The van der Waals surface area contributed by atoms with Crippen molar-refractivity contribution in [1.82, 2.24) is 5.32 Å². The van der Waals surface area contributed by atoms with Crippen LogP contribution in [-0.4, -0.2) is 24.1 Å². The van der Waals surface area contributed by atoms with Gasteiger partial charge in [-0.15, -0.1) is 0 Å². The second-order valence-electron chi connectivity index (χ2n) is 7.79. The van der Waals surface area contributed by atoms with Crippen molar-refractivity contribution < 1.29 is 19.1 Å². The number of hydrogen-bond donors (Lipinski definition) is 2. The van der Waals surface area contributed by atoms with Crippen molar-refractivity contribution in [2.24, 2.45) is 5.41 Å². The normalized spacial score (nSPS) is 17.6. The fraction of sp³-hybridized carbons (Fsp3) is 0.579. The molecule has 1 spiro atoms. The van der Waals surface area contributed by atoms with E-state index in [1.807, 2.05) is 32.9 Å². The second kappa shape index (κ2) is 6.58. The molecule has 2 amide bonds. The Bertz CT molecular complexity index is 672. The number of carbonyl (C=O) groups is 2. The molecule has 25 heavy (non-hydrogen) atoms. The van der Waals surface area contributed by atoms with E-state index in [4.69, 9.17) is 9.47 Å². The number of ether oxygens (including phenoxy) is 2. The van der Waals surface area contributed by atoms with Gasteiger partial charge in [-0.25, -0.2) is 0 Å². The molecule has 0 saturated heterocycles. The third-order valence-electron chi connectivity index (χ3n) is 4.50. The highest BCUT2D eigenvalue weighted by atomic mass is 16.7. The van der Waals surface area contributed by atoms with Gasteiger partial charge in [0.1, 0.15) is 0 Å². The lowest BCUT2D eigenvalue weighted by atomic mass is 9.96. The van der Waals surface area contributed by atoms with Gasteiger partial charge in [-0.1, -0.05) is 20.8 Å². The van der Waals surface area contributed by atoms with Crippen LogP contribution in [-0.2, 0) is 9.59 Å². The maximum Gasteiger partial charge on any atom is 0.251 e. The van der Waals surface area contributed by atoms with Crippen LogP contribution in [0.2, 0.25) is 0 Å². The fourth-order valence-electron chi connectivity index (χ4n) is 3.07. The highest BCUT2D eigenvalue weighted by molar-refractivity contribution is 5.91. The molecule has 1 aromatic rings. The molecule has 0 aromatic heterocycles. The Hall–Kier alpha value is -2.24. The predicted octanol–water partition coefficient (Wildman–Crippen LogP) is 3.22. The molecule has 1 aliphatic carbocycles. The molecule has 1 aromatic carbocycles. The summed E-state index contributed by atoms with van der Waals surface area (Å²) >= 11 is 0. The molecule has 3 rings (SSSR count). The van der Waals surface area contributed by atoms with Gasteiger partial charge in [0, 0.05) is 43.0 Å². The van der Waals surface area contributed by atoms with Crippen molar-refractivity contribution >= 4 is 17.5 Å². The summed E-state index contributed by atoms with van der Waals surface area (Å²) in [4.78, 5) is 23.8. The Kier molecular flexibility index (Phi) is 4.62. The Balaban J connectivity index is 1.51. The van der Waals surface area contributed by atoms with Crippen molar-refractivity contribution in [3.63, 3.8) is 0 Å². The van der Waals surface area contributed by atoms with Gasteiger partial charge >= 0.3 is 0 Å². The first-order valence-electron chi connectivity index (χ1n) is 8.88. The van der Waals surface area contributed by atoms with Gasteiger partial charge in [0.2, 0.25) is 11.8 Å². The van der Waals surface area contributed by atoms with E-state index in [-0.39, 0.29) is 18.2 Å².